The second-order valence-corrected chi connectivity index (χ2v) is 9.60. The van der Waals surface area contributed by atoms with Gasteiger partial charge in [-0.3, -0.25) is 4.79 Å². The largest absolute Gasteiger partial charge is 0.493 e. The number of carbonyl (C=O) groups excluding carboxylic acids is 1. The zero-order valence-corrected chi connectivity index (χ0v) is 19.2. The fourth-order valence-electron chi connectivity index (χ4n) is 3.59. The minimum atomic E-state index is -3.53. The molecular weight excluding hydrogens is 440 g/mol. The predicted molar refractivity (Wildman–Crippen MR) is 119 cm³/mol. The van der Waals surface area contributed by atoms with Gasteiger partial charge < -0.3 is 14.8 Å². The average Bonchev–Trinajstić information content (AvgIpc) is 2.79. The summed E-state index contributed by atoms with van der Waals surface area (Å²) < 4.78 is 37.8. The molecular formula is C22H27ClN2O5S. The van der Waals surface area contributed by atoms with E-state index in [2.05, 4.69) is 5.32 Å². The lowest BCUT2D eigenvalue weighted by Gasteiger charge is -2.30. The quantitative estimate of drug-likeness (QED) is 0.644. The van der Waals surface area contributed by atoms with Crippen LogP contribution in [0.4, 0.5) is 0 Å². The number of sulfonamides is 1. The summed E-state index contributed by atoms with van der Waals surface area (Å²) in [5, 5.41) is 3.34. The fourth-order valence-corrected chi connectivity index (χ4v) is 5.37. The molecule has 1 fully saturated rings. The summed E-state index contributed by atoms with van der Waals surface area (Å²) in [4.78, 5) is 12.9. The van der Waals surface area contributed by atoms with Crippen molar-refractivity contribution < 1.29 is 22.7 Å². The zero-order valence-electron chi connectivity index (χ0n) is 17.6. The molecule has 7 nitrogen and oxygen atoms in total. The van der Waals surface area contributed by atoms with Crippen molar-refractivity contribution in [3.63, 3.8) is 0 Å². The smallest absolute Gasteiger partial charge is 0.243 e. The fraction of sp³-hybridized carbons (Fsp3) is 0.409. The molecule has 0 saturated carbocycles. The number of ether oxygens (including phenoxy) is 2. The van der Waals surface area contributed by atoms with Gasteiger partial charge in [-0.15, -0.1) is 0 Å². The van der Waals surface area contributed by atoms with E-state index in [1.165, 1.54) is 11.4 Å². The third-order valence-electron chi connectivity index (χ3n) is 5.25. The average molecular weight is 467 g/mol. The molecule has 0 bridgehead atoms. The van der Waals surface area contributed by atoms with Gasteiger partial charge in [-0.05, 0) is 49.6 Å². The Morgan fingerprint density at radius 2 is 1.87 bits per heavy atom. The van der Waals surface area contributed by atoms with Crippen molar-refractivity contribution >= 4 is 27.5 Å². The second-order valence-electron chi connectivity index (χ2n) is 7.25. The van der Waals surface area contributed by atoms with Crippen molar-refractivity contribution in [3.8, 4) is 11.5 Å². The number of hydrogen-bond donors (Lipinski definition) is 1. The summed E-state index contributed by atoms with van der Waals surface area (Å²) in [7, 11) is -1.99. The van der Waals surface area contributed by atoms with Crippen LogP contribution < -0.4 is 14.8 Å². The molecule has 0 radical (unpaired) electrons. The van der Waals surface area contributed by atoms with Gasteiger partial charge in [0.15, 0.2) is 11.5 Å². The van der Waals surface area contributed by atoms with Crippen LogP contribution in [0.25, 0.3) is 0 Å². The van der Waals surface area contributed by atoms with Crippen molar-refractivity contribution in [3.05, 3.63) is 53.1 Å². The highest BCUT2D eigenvalue weighted by atomic mass is 35.5. The first-order valence-corrected chi connectivity index (χ1v) is 12.0. The summed E-state index contributed by atoms with van der Waals surface area (Å²) >= 11 is 6.29. The van der Waals surface area contributed by atoms with Crippen LogP contribution in [0.2, 0.25) is 5.02 Å². The van der Waals surface area contributed by atoms with Crippen molar-refractivity contribution in [2.75, 3.05) is 26.8 Å². The number of carbonyl (C=O) groups is 1. The lowest BCUT2D eigenvalue weighted by Crippen LogP contribution is -2.42. The maximum atomic E-state index is 12.7. The summed E-state index contributed by atoms with van der Waals surface area (Å²) in [5.74, 6) is 0.662. The molecule has 168 valence electrons. The summed E-state index contributed by atoms with van der Waals surface area (Å²) in [6.45, 7) is 3.25. The molecule has 1 aliphatic heterocycles. The Balaban J connectivity index is 1.57. The molecule has 1 amide bonds. The maximum Gasteiger partial charge on any atom is 0.243 e. The number of piperidine rings is 1. The normalized spacial score (nSPS) is 15.5. The van der Waals surface area contributed by atoms with Gasteiger partial charge in [0, 0.05) is 25.6 Å². The van der Waals surface area contributed by atoms with Crippen LogP contribution in [0, 0.1) is 5.92 Å². The van der Waals surface area contributed by atoms with E-state index >= 15 is 0 Å². The summed E-state index contributed by atoms with van der Waals surface area (Å²) in [6.07, 6.45) is 0.955. The van der Waals surface area contributed by atoms with E-state index in [-0.39, 0.29) is 16.7 Å². The minimum absolute atomic E-state index is 0.0965. The SMILES string of the molecule is CCOc1c(Cl)cc(CNC(=O)C2CCN(S(=O)(=O)c3ccccc3)CC2)cc1OC. The Labute approximate surface area is 188 Å². The molecule has 3 rings (SSSR count). The molecule has 1 aliphatic rings. The Kier molecular flexibility index (Phi) is 7.80. The first kappa shape index (κ1) is 23.4. The van der Waals surface area contributed by atoms with Crippen LogP contribution in [0.15, 0.2) is 47.4 Å². The third-order valence-corrected chi connectivity index (χ3v) is 7.44. The predicted octanol–water partition coefficient (Wildman–Crippen LogP) is 3.46. The van der Waals surface area contributed by atoms with Crippen LogP contribution in [0.3, 0.4) is 0 Å². The highest BCUT2D eigenvalue weighted by Crippen LogP contribution is 2.36. The molecule has 0 spiro atoms. The number of benzene rings is 2. The number of amides is 1. The van der Waals surface area contributed by atoms with Crippen LogP contribution >= 0.6 is 11.6 Å². The van der Waals surface area contributed by atoms with Crippen molar-refractivity contribution in [1.29, 1.82) is 0 Å². The third kappa shape index (κ3) is 5.50. The Bertz CT molecular complexity index is 1010. The Morgan fingerprint density at radius 3 is 2.48 bits per heavy atom. The van der Waals surface area contributed by atoms with E-state index in [9.17, 15) is 13.2 Å². The highest BCUT2D eigenvalue weighted by molar-refractivity contribution is 7.89. The van der Waals surface area contributed by atoms with Gasteiger partial charge in [-0.2, -0.15) is 4.31 Å². The van der Waals surface area contributed by atoms with Crippen molar-refractivity contribution in [2.45, 2.75) is 31.2 Å². The summed E-state index contributed by atoms with van der Waals surface area (Å²) in [5.41, 5.74) is 0.794. The van der Waals surface area contributed by atoms with Gasteiger partial charge in [-0.1, -0.05) is 29.8 Å². The van der Waals surface area contributed by atoms with E-state index in [0.29, 0.717) is 55.6 Å². The number of rotatable bonds is 8. The molecule has 0 atom stereocenters. The van der Waals surface area contributed by atoms with Gasteiger partial charge in [0.25, 0.3) is 0 Å². The van der Waals surface area contributed by atoms with Crippen molar-refractivity contribution in [2.24, 2.45) is 5.92 Å². The topological polar surface area (TPSA) is 84.9 Å². The standard InChI is InChI=1S/C22H27ClN2O5S/c1-3-30-21-19(23)13-16(14-20(21)29-2)15-24-22(26)17-9-11-25(12-10-17)31(27,28)18-7-5-4-6-8-18/h4-8,13-14,17H,3,9-12,15H2,1-2H3,(H,24,26). The maximum absolute atomic E-state index is 12.7. The molecule has 31 heavy (non-hydrogen) atoms. The van der Waals surface area contributed by atoms with Gasteiger partial charge in [-0.25, -0.2) is 8.42 Å². The molecule has 2 aromatic rings. The Hall–Kier alpha value is -2.29. The van der Waals surface area contributed by atoms with E-state index in [0.717, 1.165) is 5.56 Å². The lowest BCUT2D eigenvalue weighted by molar-refractivity contribution is -0.126. The van der Waals surface area contributed by atoms with Gasteiger partial charge in [0.05, 0.1) is 23.6 Å². The minimum Gasteiger partial charge on any atom is -0.493 e. The summed E-state index contributed by atoms with van der Waals surface area (Å²) in [6, 6.07) is 11.9. The monoisotopic (exact) mass is 466 g/mol. The first-order valence-electron chi connectivity index (χ1n) is 10.2. The van der Waals surface area contributed by atoms with Gasteiger partial charge >= 0.3 is 0 Å². The molecule has 1 N–H and O–H groups in total. The number of nitrogens with zero attached hydrogens (tertiary/aromatic N) is 1. The number of hydrogen-bond acceptors (Lipinski definition) is 5. The van der Waals surface area contributed by atoms with Gasteiger partial charge in [0.1, 0.15) is 0 Å². The van der Waals surface area contributed by atoms with E-state index < -0.39 is 10.0 Å². The molecule has 1 saturated heterocycles. The Morgan fingerprint density at radius 1 is 1.19 bits per heavy atom. The molecule has 1 heterocycles. The van der Waals surface area contributed by atoms with Gasteiger partial charge in [0.2, 0.25) is 15.9 Å². The van der Waals surface area contributed by atoms with E-state index in [1.807, 2.05) is 6.92 Å². The van der Waals surface area contributed by atoms with E-state index in [4.69, 9.17) is 21.1 Å². The van der Waals surface area contributed by atoms with Crippen LogP contribution in [0.5, 0.6) is 11.5 Å². The van der Waals surface area contributed by atoms with Crippen LogP contribution in [-0.4, -0.2) is 45.4 Å². The number of halogens is 1. The molecule has 2 aromatic carbocycles. The zero-order chi connectivity index (χ0) is 22.4. The van der Waals surface area contributed by atoms with Crippen LogP contribution in [-0.2, 0) is 21.4 Å². The number of methoxy groups -OCH3 is 1. The molecule has 0 aromatic heterocycles. The van der Waals surface area contributed by atoms with Crippen molar-refractivity contribution in [1.82, 2.24) is 9.62 Å². The number of nitrogens with one attached hydrogen (secondary N) is 1. The lowest BCUT2D eigenvalue weighted by atomic mass is 9.97. The highest BCUT2D eigenvalue weighted by Gasteiger charge is 2.31. The second kappa shape index (κ2) is 10.3. The van der Waals surface area contributed by atoms with E-state index in [1.54, 1.807) is 42.5 Å². The molecule has 0 aliphatic carbocycles. The first-order chi connectivity index (χ1) is 14.9. The molecule has 9 heteroatoms. The molecule has 0 unspecified atom stereocenters. The van der Waals surface area contributed by atoms with Crippen LogP contribution in [0.1, 0.15) is 25.3 Å².